The van der Waals surface area contributed by atoms with Crippen molar-refractivity contribution in [1.82, 2.24) is 4.90 Å². The minimum atomic E-state index is -0.555. The van der Waals surface area contributed by atoms with Gasteiger partial charge in [0.1, 0.15) is 0 Å². The summed E-state index contributed by atoms with van der Waals surface area (Å²) in [6.07, 6.45) is 1.38. The zero-order valence-electron chi connectivity index (χ0n) is 16.5. The fraction of sp³-hybridized carbons (Fsp3) is 0.632. The molecule has 2 heterocycles. The maximum atomic E-state index is 12.9. The average molecular weight is 416 g/mol. The van der Waals surface area contributed by atoms with Gasteiger partial charge in [-0.05, 0) is 28.5 Å². The topological polar surface area (TPSA) is 86.7 Å². The molecule has 158 valence electrons. The number of hydrogen-bond donors (Lipinski definition) is 1. The second-order valence-corrected chi connectivity index (χ2v) is 7.05. The third-order valence-corrected chi connectivity index (χ3v) is 5.00. The molecule has 1 aromatic heterocycles. The van der Waals surface area contributed by atoms with Gasteiger partial charge in [-0.15, -0.1) is 0 Å². The first-order valence-corrected chi connectivity index (χ1v) is 10.0. The van der Waals surface area contributed by atoms with Crippen LogP contribution in [0.5, 0.6) is 0 Å². The van der Waals surface area contributed by atoms with Gasteiger partial charge in [0.25, 0.3) is 5.91 Å². The molecule has 2 rings (SSSR count). The van der Waals surface area contributed by atoms with E-state index in [-0.39, 0.29) is 37.3 Å². The van der Waals surface area contributed by atoms with Crippen molar-refractivity contribution in [3.63, 3.8) is 0 Å². The number of allylic oxidation sites excluding steroid dienone is 1. The number of ether oxygens (including phenoxy) is 5. The zero-order chi connectivity index (χ0) is 20.4. The van der Waals surface area contributed by atoms with E-state index in [0.717, 1.165) is 5.56 Å². The van der Waals surface area contributed by atoms with Gasteiger partial charge in [0.2, 0.25) is 6.29 Å². The van der Waals surface area contributed by atoms with Gasteiger partial charge in [-0.1, -0.05) is 0 Å². The molecule has 0 aliphatic carbocycles. The van der Waals surface area contributed by atoms with E-state index >= 15 is 0 Å². The number of aliphatic hydroxyl groups excluding tert-OH is 1. The van der Waals surface area contributed by atoms with E-state index < -0.39 is 12.6 Å². The largest absolute Gasteiger partial charge is 0.459 e. The molecule has 0 saturated heterocycles. The molecule has 1 N–H and O–H groups in total. The number of likely N-dealkylation sites (N-methyl/N-ethyl adjacent to an activating group) is 1. The summed E-state index contributed by atoms with van der Waals surface area (Å²) < 4.78 is 27.1. The van der Waals surface area contributed by atoms with Gasteiger partial charge in [0.15, 0.2) is 12.0 Å². The molecule has 1 aromatic rings. The summed E-state index contributed by atoms with van der Waals surface area (Å²) in [5.74, 6) is 0.0118. The lowest BCUT2D eigenvalue weighted by Gasteiger charge is -2.31. The molecule has 1 aliphatic heterocycles. The molecular weight excluding hydrogens is 386 g/mol. The Balaban J connectivity index is 2.03. The summed E-state index contributed by atoms with van der Waals surface area (Å²) in [6, 6.07) is 2.04. The minimum Gasteiger partial charge on any atom is -0.459 e. The third-order valence-electron chi connectivity index (χ3n) is 4.30. The van der Waals surface area contributed by atoms with Crippen LogP contribution in [-0.2, 0) is 28.5 Å². The number of carbonyl (C=O) groups excluding carboxylic acids is 1. The van der Waals surface area contributed by atoms with Crippen LogP contribution in [0.3, 0.4) is 0 Å². The number of aliphatic hydroxyl groups is 1. The van der Waals surface area contributed by atoms with Crippen LogP contribution in [-0.4, -0.2) is 82.7 Å². The van der Waals surface area contributed by atoms with Crippen molar-refractivity contribution < 1.29 is 33.6 Å². The summed E-state index contributed by atoms with van der Waals surface area (Å²) in [5, 5.41) is 12.8. The summed E-state index contributed by atoms with van der Waals surface area (Å²) >= 11 is 1.61. The fourth-order valence-electron chi connectivity index (χ4n) is 2.77. The van der Waals surface area contributed by atoms with Crippen LogP contribution >= 0.6 is 11.3 Å². The van der Waals surface area contributed by atoms with Crippen molar-refractivity contribution in [2.45, 2.75) is 24.9 Å². The van der Waals surface area contributed by atoms with Gasteiger partial charge >= 0.3 is 0 Å². The van der Waals surface area contributed by atoms with E-state index in [1.165, 1.54) is 19.1 Å². The van der Waals surface area contributed by atoms with E-state index in [4.69, 9.17) is 28.8 Å². The standard InChI is InChI=1S/C19H29NO7S/c1-20(12-18(23-2)24-3)19(22)16-10-15(14-4-9-28-13-14)11-17(27-16)26-8-7-25-6-5-21/h4,9-10,13,15,17-18,21H,5-8,11-12H2,1-3H3/t15-,17+/m0/s1. The zero-order valence-corrected chi connectivity index (χ0v) is 17.4. The maximum Gasteiger partial charge on any atom is 0.288 e. The first-order chi connectivity index (χ1) is 13.6. The Hall–Kier alpha value is -1.49. The van der Waals surface area contributed by atoms with E-state index in [2.05, 4.69) is 5.38 Å². The lowest BCUT2D eigenvalue weighted by Crippen LogP contribution is -2.39. The smallest absolute Gasteiger partial charge is 0.288 e. The van der Waals surface area contributed by atoms with Gasteiger partial charge in [0, 0.05) is 33.6 Å². The van der Waals surface area contributed by atoms with Crippen LogP contribution in [0.2, 0.25) is 0 Å². The van der Waals surface area contributed by atoms with Crippen LogP contribution in [0.1, 0.15) is 17.9 Å². The highest BCUT2D eigenvalue weighted by molar-refractivity contribution is 7.08. The average Bonchev–Trinajstić information content (AvgIpc) is 3.26. The molecule has 0 radical (unpaired) electrons. The number of carbonyl (C=O) groups is 1. The highest BCUT2D eigenvalue weighted by Gasteiger charge is 2.30. The third kappa shape index (κ3) is 6.84. The molecule has 0 unspecified atom stereocenters. The molecule has 0 bridgehead atoms. The molecule has 28 heavy (non-hydrogen) atoms. The molecule has 0 fully saturated rings. The molecule has 0 aromatic carbocycles. The van der Waals surface area contributed by atoms with Crippen LogP contribution in [0, 0.1) is 0 Å². The van der Waals surface area contributed by atoms with Crippen molar-refractivity contribution in [1.29, 1.82) is 0 Å². The predicted octanol–water partition coefficient (Wildman–Crippen LogP) is 1.56. The molecule has 8 nitrogen and oxygen atoms in total. The Morgan fingerprint density at radius 1 is 1.36 bits per heavy atom. The van der Waals surface area contributed by atoms with Crippen molar-refractivity contribution >= 4 is 17.2 Å². The number of nitrogens with zero attached hydrogens (tertiary/aromatic N) is 1. The van der Waals surface area contributed by atoms with Crippen LogP contribution in [0.15, 0.2) is 28.7 Å². The van der Waals surface area contributed by atoms with Crippen LogP contribution < -0.4 is 0 Å². The molecule has 1 amide bonds. The summed E-state index contributed by atoms with van der Waals surface area (Å²) in [7, 11) is 4.72. The SMILES string of the molecule is COC(CN(C)C(=O)C1=C[C@H](c2ccsc2)C[C@H](OCCOCCO)O1)OC. The lowest BCUT2D eigenvalue weighted by molar-refractivity contribution is -0.161. The quantitative estimate of drug-likeness (QED) is 0.410. The van der Waals surface area contributed by atoms with E-state index in [9.17, 15) is 4.79 Å². The lowest BCUT2D eigenvalue weighted by atomic mass is 9.95. The van der Waals surface area contributed by atoms with Gasteiger partial charge < -0.3 is 33.7 Å². The van der Waals surface area contributed by atoms with Crippen molar-refractivity contribution in [3.05, 3.63) is 34.2 Å². The van der Waals surface area contributed by atoms with Crippen molar-refractivity contribution in [2.75, 3.05) is 54.2 Å². The molecule has 9 heteroatoms. The molecule has 0 spiro atoms. The number of rotatable bonds is 12. The van der Waals surface area contributed by atoms with Crippen molar-refractivity contribution in [2.24, 2.45) is 0 Å². The Morgan fingerprint density at radius 3 is 2.79 bits per heavy atom. The normalized spacial score (nSPS) is 19.4. The second kappa shape index (κ2) is 12.2. The number of amides is 1. The predicted molar refractivity (Wildman–Crippen MR) is 104 cm³/mol. The number of methoxy groups -OCH3 is 2. The molecule has 1 aliphatic rings. The summed E-state index contributed by atoms with van der Waals surface area (Å²) in [6.45, 7) is 1.17. The van der Waals surface area contributed by atoms with Crippen LogP contribution in [0.25, 0.3) is 0 Å². The number of thiophene rings is 1. The highest BCUT2D eigenvalue weighted by atomic mass is 32.1. The van der Waals surface area contributed by atoms with E-state index in [0.29, 0.717) is 19.6 Å². The second-order valence-electron chi connectivity index (χ2n) is 6.27. The molecule has 0 saturated carbocycles. The van der Waals surface area contributed by atoms with Gasteiger partial charge in [-0.3, -0.25) is 4.79 Å². The first kappa shape index (κ1) is 22.8. The van der Waals surface area contributed by atoms with Crippen molar-refractivity contribution in [3.8, 4) is 0 Å². The Kier molecular flexibility index (Phi) is 9.89. The molecular formula is C19H29NO7S. The Labute approximate surface area is 169 Å². The van der Waals surface area contributed by atoms with E-state index in [1.54, 1.807) is 18.4 Å². The Morgan fingerprint density at radius 2 is 2.14 bits per heavy atom. The maximum absolute atomic E-state index is 12.9. The monoisotopic (exact) mass is 415 g/mol. The van der Waals surface area contributed by atoms with Gasteiger partial charge in [-0.2, -0.15) is 11.3 Å². The Bertz CT molecular complexity index is 603. The van der Waals surface area contributed by atoms with Crippen LogP contribution in [0.4, 0.5) is 0 Å². The highest BCUT2D eigenvalue weighted by Crippen LogP contribution is 2.33. The van der Waals surface area contributed by atoms with Gasteiger partial charge in [-0.25, -0.2) is 0 Å². The summed E-state index contributed by atoms with van der Waals surface area (Å²) in [4.78, 5) is 14.4. The fourth-order valence-corrected chi connectivity index (χ4v) is 3.50. The molecule has 2 atom stereocenters. The van der Waals surface area contributed by atoms with Gasteiger partial charge in [0.05, 0.1) is 33.0 Å². The minimum absolute atomic E-state index is 0.0244. The first-order valence-electron chi connectivity index (χ1n) is 9.10. The van der Waals surface area contributed by atoms with E-state index in [1.807, 2.05) is 17.5 Å². The number of hydrogen-bond acceptors (Lipinski definition) is 8. The summed E-state index contributed by atoms with van der Waals surface area (Å²) in [5.41, 5.74) is 1.12.